The number of carbonyl (C=O) groups is 2. The molecule has 0 bridgehead atoms. The standard InChI is InChI=1S/C15H20N2O3/c1-3-20-14(19)15(2)7-5-9-17(11-15)13(18)12-6-4-8-16-10-12/h4,6,8,10H,3,5,7,9,11H2,1-2H3. The molecule has 1 saturated heterocycles. The summed E-state index contributed by atoms with van der Waals surface area (Å²) in [6.45, 7) is 5.10. The number of hydrogen-bond donors (Lipinski definition) is 0. The normalized spacial score (nSPS) is 22.4. The smallest absolute Gasteiger partial charge is 0.313 e. The first-order valence-electron chi connectivity index (χ1n) is 6.93. The van der Waals surface area contributed by atoms with Crippen LogP contribution >= 0.6 is 0 Å². The molecule has 1 aromatic rings. The summed E-state index contributed by atoms with van der Waals surface area (Å²) in [6.07, 6.45) is 4.75. The maximum atomic E-state index is 12.4. The van der Waals surface area contributed by atoms with Gasteiger partial charge in [-0.1, -0.05) is 0 Å². The Bertz CT molecular complexity index is 489. The van der Waals surface area contributed by atoms with E-state index in [0.717, 1.165) is 12.8 Å². The van der Waals surface area contributed by atoms with Crippen molar-refractivity contribution >= 4 is 11.9 Å². The predicted molar refractivity (Wildman–Crippen MR) is 74.1 cm³/mol. The molecule has 0 N–H and O–H groups in total. The van der Waals surface area contributed by atoms with Crippen LogP contribution in [0.2, 0.25) is 0 Å². The van der Waals surface area contributed by atoms with Crippen LogP contribution in [0.3, 0.4) is 0 Å². The van der Waals surface area contributed by atoms with Gasteiger partial charge in [-0.05, 0) is 38.8 Å². The van der Waals surface area contributed by atoms with E-state index in [0.29, 0.717) is 25.3 Å². The van der Waals surface area contributed by atoms with Crippen molar-refractivity contribution in [1.29, 1.82) is 0 Å². The number of ether oxygens (including phenoxy) is 1. The maximum absolute atomic E-state index is 12.4. The molecular formula is C15H20N2O3. The van der Waals surface area contributed by atoms with Gasteiger partial charge in [-0.3, -0.25) is 14.6 Å². The van der Waals surface area contributed by atoms with E-state index in [1.165, 1.54) is 0 Å². The lowest BCUT2D eigenvalue weighted by molar-refractivity contribution is -0.157. The quantitative estimate of drug-likeness (QED) is 0.791. The van der Waals surface area contributed by atoms with E-state index in [4.69, 9.17) is 4.74 Å². The number of likely N-dealkylation sites (tertiary alicyclic amines) is 1. The van der Waals surface area contributed by atoms with Gasteiger partial charge >= 0.3 is 5.97 Å². The molecule has 5 heteroatoms. The zero-order chi connectivity index (χ0) is 14.6. The van der Waals surface area contributed by atoms with E-state index in [1.807, 2.05) is 6.92 Å². The molecule has 0 radical (unpaired) electrons. The molecule has 0 spiro atoms. The van der Waals surface area contributed by atoms with Gasteiger partial charge in [0.25, 0.3) is 5.91 Å². The summed E-state index contributed by atoms with van der Waals surface area (Å²) in [5.74, 6) is -0.294. The summed E-state index contributed by atoms with van der Waals surface area (Å²) >= 11 is 0. The van der Waals surface area contributed by atoms with Crippen LogP contribution in [0.5, 0.6) is 0 Å². The lowest BCUT2D eigenvalue weighted by atomic mass is 9.81. The topological polar surface area (TPSA) is 59.5 Å². The first-order valence-corrected chi connectivity index (χ1v) is 6.93. The number of esters is 1. The molecule has 1 aliphatic rings. The first-order chi connectivity index (χ1) is 9.57. The Morgan fingerprint density at radius 3 is 2.95 bits per heavy atom. The van der Waals surface area contributed by atoms with E-state index in [1.54, 1.807) is 36.4 Å². The zero-order valence-electron chi connectivity index (χ0n) is 12.0. The highest BCUT2D eigenvalue weighted by atomic mass is 16.5. The summed E-state index contributed by atoms with van der Waals surface area (Å²) < 4.78 is 5.13. The number of carbonyl (C=O) groups excluding carboxylic acids is 2. The van der Waals surface area contributed by atoms with Crippen molar-refractivity contribution in [2.45, 2.75) is 26.7 Å². The van der Waals surface area contributed by atoms with Crippen LogP contribution in [-0.2, 0) is 9.53 Å². The Hall–Kier alpha value is -1.91. The average molecular weight is 276 g/mol. The first kappa shape index (κ1) is 14.5. The van der Waals surface area contributed by atoms with Gasteiger partial charge in [0.15, 0.2) is 0 Å². The molecule has 5 nitrogen and oxygen atoms in total. The van der Waals surface area contributed by atoms with Crippen LogP contribution in [0.15, 0.2) is 24.5 Å². The number of rotatable bonds is 3. The van der Waals surface area contributed by atoms with Gasteiger partial charge in [0.2, 0.25) is 0 Å². The van der Waals surface area contributed by atoms with Crippen molar-refractivity contribution in [1.82, 2.24) is 9.88 Å². The molecule has 0 aromatic carbocycles. The molecule has 0 aliphatic carbocycles. The number of aromatic nitrogens is 1. The average Bonchev–Trinajstić information content (AvgIpc) is 2.48. The molecule has 1 aromatic heterocycles. The minimum Gasteiger partial charge on any atom is -0.466 e. The highest BCUT2D eigenvalue weighted by Crippen LogP contribution is 2.31. The predicted octanol–water partition coefficient (Wildman–Crippen LogP) is 1.89. The van der Waals surface area contributed by atoms with Crippen LogP contribution in [0.25, 0.3) is 0 Å². The molecular weight excluding hydrogens is 256 g/mol. The van der Waals surface area contributed by atoms with E-state index < -0.39 is 5.41 Å². The van der Waals surface area contributed by atoms with Gasteiger partial charge < -0.3 is 9.64 Å². The molecule has 0 saturated carbocycles. The Balaban J connectivity index is 2.11. The Labute approximate surface area is 118 Å². The summed E-state index contributed by atoms with van der Waals surface area (Å²) in [6, 6.07) is 3.48. The van der Waals surface area contributed by atoms with E-state index in [-0.39, 0.29) is 11.9 Å². The van der Waals surface area contributed by atoms with Crippen molar-refractivity contribution in [3.63, 3.8) is 0 Å². The molecule has 1 amide bonds. The SMILES string of the molecule is CCOC(=O)C1(C)CCCN(C(=O)c2cccnc2)C1. The molecule has 20 heavy (non-hydrogen) atoms. The molecule has 2 heterocycles. The highest BCUT2D eigenvalue weighted by molar-refractivity contribution is 5.94. The number of pyridine rings is 1. The van der Waals surface area contributed by atoms with Gasteiger partial charge in [0, 0.05) is 25.5 Å². The summed E-state index contributed by atoms with van der Waals surface area (Å²) in [5.41, 5.74) is -0.0489. The van der Waals surface area contributed by atoms with Crippen LogP contribution in [0.4, 0.5) is 0 Å². The lowest BCUT2D eigenvalue weighted by Gasteiger charge is -2.38. The minimum atomic E-state index is -0.605. The Morgan fingerprint density at radius 1 is 1.50 bits per heavy atom. The number of hydrogen-bond acceptors (Lipinski definition) is 4. The fourth-order valence-electron chi connectivity index (χ4n) is 2.56. The van der Waals surface area contributed by atoms with E-state index >= 15 is 0 Å². The second-order valence-electron chi connectivity index (χ2n) is 5.35. The third-order valence-electron chi connectivity index (χ3n) is 3.66. The maximum Gasteiger partial charge on any atom is 0.313 e. The van der Waals surface area contributed by atoms with Crippen molar-refractivity contribution < 1.29 is 14.3 Å². The van der Waals surface area contributed by atoms with Crippen LogP contribution in [-0.4, -0.2) is 41.5 Å². The molecule has 2 rings (SSSR count). The Kier molecular flexibility index (Phi) is 4.37. The Morgan fingerprint density at radius 2 is 2.30 bits per heavy atom. The van der Waals surface area contributed by atoms with Crippen molar-refractivity contribution in [2.24, 2.45) is 5.41 Å². The van der Waals surface area contributed by atoms with Gasteiger partial charge in [0.05, 0.1) is 17.6 Å². The van der Waals surface area contributed by atoms with Crippen molar-refractivity contribution in [3.05, 3.63) is 30.1 Å². The van der Waals surface area contributed by atoms with Crippen molar-refractivity contribution in [3.8, 4) is 0 Å². The number of piperidine rings is 1. The van der Waals surface area contributed by atoms with Crippen LogP contribution in [0, 0.1) is 5.41 Å². The number of nitrogens with zero attached hydrogens (tertiary/aromatic N) is 2. The van der Waals surface area contributed by atoms with Crippen LogP contribution < -0.4 is 0 Å². The zero-order valence-corrected chi connectivity index (χ0v) is 12.0. The molecule has 1 fully saturated rings. The van der Waals surface area contributed by atoms with E-state index in [2.05, 4.69) is 4.98 Å². The summed E-state index contributed by atoms with van der Waals surface area (Å²) in [4.78, 5) is 30.1. The van der Waals surface area contributed by atoms with Gasteiger partial charge in [-0.25, -0.2) is 0 Å². The van der Waals surface area contributed by atoms with E-state index in [9.17, 15) is 9.59 Å². The largest absolute Gasteiger partial charge is 0.466 e. The molecule has 1 aliphatic heterocycles. The highest BCUT2D eigenvalue weighted by Gasteiger charge is 2.40. The molecule has 1 atom stereocenters. The number of amides is 1. The minimum absolute atomic E-state index is 0.0756. The molecule has 108 valence electrons. The van der Waals surface area contributed by atoms with Crippen LogP contribution in [0.1, 0.15) is 37.0 Å². The fraction of sp³-hybridized carbons (Fsp3) is 0.533. The third kappa shape index (κ3) is 2.98. The van der Waals surface area contributed by atoms with Gasteiger partial charge in [-0.2, -0.15) is 0 Å². The summed E-state index contributed by atoms with van der Waals surface area (Å²) in [7, 11) is 0. The second kappa shape index (κ2) is 6.03. The molecule has 1 unspecified atom stereocenters. The second-order valence-corrected chi connectivity index (χ2v) is 5.35. The van der Waals surface area contributed by atoms with Gasteiger partial charge in [0.1, 0.15) is 0 Å². The third-order valence-corrected chi connectivity index (χ3v) is 3.66. The van der Waals surface area contributed by atoms with Crippen molar-refractivity contribution in [2.75, 3.05) is 19.7 Å². The summed E-state index contributed by atoms with van der Waals surface area (Å²) in [5, 5.41) is 0. The fourth-order valence-corrected chi connectivity index (χ4v) is 2.56. The lowest BCUT2D eigenvalue weighted by Crippen LogP contribution is -2.49. The van der Waals surface area contributed by atoms with Gasteiger partial charge in [-0.15, -0.1) is 0 Å². The monoisotopic (exact) mass is 276 g/mol.